The highest BCUT2D eigenvalue weighted by Crippen LogP contribution is 2.24. The summed E-state index contributed by atoms with van der Waals surface area (Å²) in [4.78, 5) is 6.59. The number of hydrogen-bond donors (Lipinski definition) is 0. The SMILES string of the molecule is CCN(C)C=Nc1cc(C)c(CCc2ccccc2F)cc1C. The lowest BCUT2D eigenvalue weighted by molar-refractivity contribution is 0.552. The first kappa shape index (κ1) is 17.2. The Hall–Kier alpha value is -2.16. The molecule has 0 unspecified atom stereocenters. The lowest BCUT2D eigenvalue weighted by Gasteiger charge is -2.12. The lowest BCUT2D eigenvalue weighted by atomic mass is 9.97. The molecule has 0 fully saturated rings. The van der Waals surface area contributed by atoms with Gasteiger partial charge in [0.25, 0.3) is 0 Å². The molecule has 0 saturated carbocycles. The van der Waals surface area contributed by atoms with E-state index in [0.717, 1.165) is 29.8 Å². The van der Waals surface area contributed by atoms with E-state index in [-0.39, 0.29) is 5.82 Å². The summed E-state index contributed by atoms with van der Waals surface area (Å²) in [6.07, 6.45) is 3.42. The Bertz CT molecular complexity index is 692. The minimum absolute atomic E-state index is 0.120. The van der Waals surface area contributed by atoms with Crippen LogP contribution in [0.1, 0.15) is 29.2 Å². The van der Waals surface area contributed by atoms with E-state index in [4.69, 9.17) is 0 Å². The summed E-state index contributed by atoms with van der Waals surface area (Å²) in [6.45, 7) is 7.20. The second kappa shape index (κ2) is 7.91. The Morgan fingerprint density at radius 1 is 1.04 bits per heavy atom. The van der Waals surface area contributed by atoms with Crippen molar-refractivity contribution in [3.05, 3.63) is 64.5 Å². The third-order valence-electron chi connectivity index (χ3n) is 4.17. The maximum Gasteiger partial charge on any atom is 0.126 e. The number of rotatable bonds is 6. The van der Waals surface area contributed by atoms with Crippen LogP contribution in [0.25, 0.3) is 0 Å². The summed E-state index contributed by atoms with van der Waals surface area (Å²) in [5.41, 5.74) is 5.39. The maximum atomic E-state index is 13.7. The highest BCUT2D eigenvalue weighted by Gasteiger charge is 2.06. The number of halogens is 1. The van der Waals surface area contributed by atoms with Gasteiger partial charge in [-0.15, -0.1) is 0 Å². The molecule has 2 rings (SSSR count). The van der Waals surface area contributed by atoms with E-state index in [1.807, 2.05) is 30.4 Å². The van der Waals surface area contributed by atoms with Gasteiger partial charge in [-0.2, -0.15) is 0 Å². The van der Waals surface area contributed by atoms with Gasteiger partial charge in [-0.3, -0.25) is 0 Å². The van der Waals surface area contributed by atoms with Gasteiger partial charge in [0.15, 0.2) is 0 Å². The Kier molecular flexibility index (Phi) is 5.91. The van der Waals surface area contributed by atoms with Crippen molar-refractivity contribution in [2.45, 2.75) is 33.6 Å². The molecule has 0 atom stereocenters. The van der Waals surface area contributed by atoms with E-state index in [1.165, 1.54) is 17.2 Å². The monoisotopic (exact) mass is 312 g/mol. The van der Waals surface area contributed by atoms with Crippen molar-refractivity contribution in [2.24, 2.45) is 4.99 Å². The average molecular weight is 312 g/mol. The summed E-state index contributed by atoms with van der Waals surface area (Å²) >= 11 is 0. The predicted molar refractivity (Wildman–Crippen MR) is 96.2 cm³/mol. The van der Waals surface area contributed by atoms with Gasteiger partial charge in [-0.25, -0.2) is 9.38 Å². The molecule has 0 heterocycles. The van der Waals surface area contributed by atoms with Gasteiger partial charge < -0.3 is 4.90 Å². The second-order valence-electron chi connectivity index (χ2n) is 5.97. The molecule has 0 radical (unpaired) electrons. The summed E-state index contributed by atoms with van der Waals surface area (Å²) in [5.74, 6) is -0.120. The van der Waals surface area contributed by atoms with Gasteiger partial charge in [0.1, 0.15) is 5.82 Å². The Morgan fingerprint density at radius 2 is 1.74 bits per heavy atom. The number of benzene rings is 2. The zero-order valence-electron chi connectivity index (χ0n) is 14.4. The molecule has 2 nitrogen and oxygen atoms in total. The van der Waals surface area contributed by atoms with Crippen molar-refractivity contribution < 1.29 is 4.39 Å². The zero-order valence-corrected chi connectivity index (χ0v) is 14.4. The fourth-order valence-corrected chi connectivity index (χ4v) is 2.48. The number of aryl methyl sites for hydroxylation is 4. The fourth-order valence-electron chi connectivity index (χ4n) is 2.48. The van der Waals surface area contributed by atoms with Crippen LogP contribution in [0.4, 0.5) is 10.1 Å². The first-order chi connectivity index (χ1) is 11.0. The van der Waals surface area contributed by atoms with Crippen LogP contribution in [0, 0.1) is 19.7 Å². The van der Waals surface area contributed by atoms with Crippen molar-refractivity contribution >= 4 is 12.0 Å². The van der Waals surface area contributed by atoms with E-state index in [9.17, 15) is 4.39 Å². The molecule has 2 aromatic rings. The summed E-state index contributed by atoms with van der Waals surface area (Å²) in [5, 5.41) is 0. The first-order valence-electron chi connectivity index (χ1n) is 8.09. The summed E-state index contributed by atoms with van der Waals surface area (Å²) in [7, 11) is 2.01. The largest absolute Gasteiger partial charge is 0.366 e. The van der Waals surface area contributed by atoms with Crippen LogP contribution in [0.5, 0.6) is 0 Å². The standard InChI is InChI=1S/C20H25FN2/c1-5-23(4)14-22-20-13-15(2)18(12-16(20)3)11-10-17-8-6-7-9-19(17)21/h6-9,12-14H,5,10-11H2,1-4H3. The van der Waals surface area contributed by atoms with Crippen LogP contribution in [-0.4, -0.2) is 24.8 Å². The summed E-state index contributed by atoms with van der Waals surface area (Å²) in [6, 6.07) is 11.3. The molecule has 0 aliphatic heterocycles. The number of hydrogen-bond acceptors (Lipinski definition) is 1. The Balaban J connectivity index is 2.14. The van der Waals surface area contributed by atoms with E-state index in [0.29, 0.717) is 6.42 Å². The van der Waals surface area contributed by atoms with E-state index >= 15 is 0 Å². The minimum Gasteiger partial charge on any atom is -0.366 e. The lowest BCUT2D eigenvalue weighted by Crippen LogP contribution is -2.14. The van der Waals surface area contributed by atoms with Crippen LogP contribution in [-0.2, 0) is 12.8 Å². The van der Waals surface area contributed by atoms with Gasteiger partial charge in [-0.1, -0.05) is 24.3 Å². The molecule has 0 bridgehead atoms. The molecule has 3 heteroatoms. The molecular weight excluding hydrogens is 287 g/mol. The van der Waals surface area contributed by atoms with Crippen LogP contribution >= 0.6 is 0 Å². The smallest absolute Gasteiger partial charge is 0.126 e. The second-order valence-corrected chi connectivity index (χ2v) is 5.97. The van der Waals surface area contributed by atoms with Gasteiger partial charge in [-0.05, 0) is 68.0 Å². The average Bonchev–Trinajstić information content (AvgIpc) is 2.54. The topological polar surface area (TPSA) is 15.6 Å². The van der Waals surface area contributed by atoms with E-state index in [2.05, 4.69) is 37.9 Å². The van der Waals surface area contributed by atoms with Crippen molar-refractivity contribution in [3.8, 4) is 0 Å². The van der Waals surface area contributed by atoms with Crippen LogP contribution in [0.2, 0.25) is 0 Å². The minimum atomic E-state index is -0.120. The quantitative estimate of drug-likeness (QED) is 0.550. The Morgan fingerprint density at radius 3 is 2.43 bits per heavy atom. The van der Waals surface area contributed by atoms with Crippen molar-refractivity contribution in [1.29, 1.82) is 0 Å². The van der Waals surface area contributed by atoms with E-state index in [1.54, 1.807) is 6.07 Å². The third-order valence-corrected chi connectivity index (χ3v) is 4.17. The first-order valence-corrected chi connectivity index (χ1v) is 8.09. The molecule has 2 aromatic carbocycles. The Labute approximate surface area is 138 Å². The van der Waals surface area contributed by atoms with Gasteiger partial charge in [0.05, 0.1) is 12.0 Å². The molecule has 0 aliphatic carbocycles. The maximum absolute atomic E-state index is 13.7. The fraction of sp³-hybridized carbons (Fsp3) is 0.350. The van der Waals surface area contributed by atoms with Crippen molar-refractivity contribution in [3.63, 3.8) is 0 Å². The molecule has 0 aromatic heterocycles. The molecule has 0 saturated heterocycles. The van der Waals surface area contributed by atoms with Crippen molar-refractivity contribution in [1.82, 2.24) is 4.90 Å². The van der Waals surface area contributed by atoms with Crippen LogP contribution < -0.4 is 0 Å². The molecule has 0 amide bonds. The van der Waals surface area contributed by atoms with Crippen molar-refractivity contribution in [2.75, 3.05) is 13.6 Å². The van der Waals surface area contributed by atoms with Gasteiger partial charge >= 0.3 is 0 Å². The zero-order chi connectivity index (χ0) is 16.8. The third kappa shape index (κ3) is 4.65. The van der Waals surface area contributed by atoms with Gasteiger partial charge in [0, 0.05) is 13.6 Å². The van der Waals surface area contributed by atoms with Crippen LogP contribution in [0.3, 0.4) is 0 Å². The van der Waals surface area contributed by atoms with E-state index < -0.39 is 0 Å². The molecular formula is C20H25FN2. The normalized spacial score (nSPS) is 11.2. The molecule has 0 N–H and O–H groups in total. The van der Waals surface area contributed by atoms with Crippen LogP contribution in [0.15, 0.2) is 41.4 Å². The summed E-state index contributed by atoms with van der Waals surface area (Å²) < 4.78 is 13.7. The predicted octanol–water partition coefficient (Wildman–Crippen LogP) is 4.84. The highest BCUT2D eigenvalue weighted by molar-refractivity contribution is 5.63. The molecule has 122 valence electrons. The van der Waals surface area contributed by atoms with Gasteiger partial charge in [0.2, 0.25) is 0 Å². The number of nitrogens with zero attached hydrogens (tertiary/aromatic N) is 2. The molecule has 23 heavy (non-hydrogen) atoms. The molecule has 0 aliphatic rings. The number of aliphatic imine (C=N–C) groups is 1. The molecule has 0 spiro atoms. The highest BCUT2D eigenvalue weighted by atomic mass is 19.1.